The Kier molecular flexibility index (Phi) is 4.25. The van der Waals surface area contributed by atoms with Crippen molar-refractivity contribution in [1.29, 1.82) is 0 Å². The van der Waals surface area contributed by atoms with Gasteiger partial charge in [-0.1, -0.05) is 12.2 Å². The lowest BCUT2D eigenvalue weighted by atomic mass is 9.94. The summed E-state index contributed by atoms with van der Waals surface area (Å²) in [5.41, 5.74) is 0. The van der Waals surface area contributed by atoms with Gasteiger partial charge in [-0.2, -0.15) is 0 Å². The van der Waals surface area contributed by atoms with Crippen LogP contribution in [0.2, 0.25) is 0 Å². The summed E-state index contributed by atoms with van der Waals surface area (Å²) in [5.74, 6) is 0.585. The van der Waals surface area contributed by atoms with E-state index in [1.807, 2.05) is 0 Å². The molecule has 0 saturated carbocycles. The van der Waals surface area contributed by atoms with Gasteiger partial charge in [0.15, 0.2) is 6.29 Å². The molecular weight excluding hydrogens is 238 g/mol. The van der Waals surface area contributed by atoms with Crippen LogP contribution >= 0.6 is 0 Å². The smallest absolute Gasteiger partial charge is 0.161 e. The third-order valence-electron chi connectivity index (χ3n) is 5.01. The lowest BCUT2D eigenvalue weighted by Crippen LogP contribution is -2.52. The molecule has 2 fully saturated rings. The number of allylic oxidation sites excluding steroid dienone is 2. The monoisotopic (exact) mass is 266 g/mol. The van der Waals surface area contributed by atoms with Crippen LogP contribution in [0.5, 0.6) is 0 Å². The van der Waals surface area contributed by atoms with Gasteiger partial charge in [-0.3, -0.25) is 0 Å². The Balaban J connectivity index is 1.49. The largest absolute Gasteiger partial charge is 0.349 e. The minimum atomic E-state index is 0.0614. The van der Waals surface area contributed by atoms with Crippen LogP contribution in [-0.2, 0) is 9.47 Å². The zero-order valence-corrected chi connectivity index (χ0v) is 12.2. The molecule has 0 spiro atoms. The first-order chi connectivity index (χ1) is 9.25. The molecule has 0 aromatic rings. The molecule has 3 rings (SSSR count). The van der Waals surface area contributed by atoms with Gasteiger partial charge in [-0.25, -0.2) is 0 Å². The van der Waals surface area contributed by atoms with Crippen LogP contribution in [0.25, 0.3) is 0 Å². The SMILES string of the molecule is C[N+]1(C[C@@H]2CO[C@H]([C@H]3CC=CCC3)O2)CCCCC1. The van der Waals surface area contributed by atoms with Crippen LogP contribution in [0, 0.1) is 5.92 Å². The van der Waals surface area contributed by atoms with Crippen molar-refractivity contribution in [3.8, 4) is 0 Å². The molecule has 19 heavy (non-hydrogen) atoms. The highest BCUT2D eigenvalue weighted by molar-refractivity contribution is 4.91. The van der Waals surface area contributed by atoms with E-state index >= 15 is 0 Å². The molecule has 0 aromatic carbocycles. The van der Waals surface area contributed by atoms with Gasteiger partial charge in [0.2, 0.25) is 0 Å². The fourth-order valence-electron chi connectivity index (χ4n) is 3.83. The summed E-state index contributed by atoms with van der Waals surface area (Å²) >= 11 is 0. The average molecular weight is 266 g/mol. The highest BCUT2D eigenvalue weighted by Crippen LogP contribution is 2.30. The number of piperidine rings is 1. The highest BCUT2D eigenvalue weighted by Gasteiger charge is 2.37. The van der Waals surface area contributed by atoms with E-state index in [1.165, 1.54) is 49.7 Å². The number of nitrogens with zero attached hydrogens (tertiary/aromatic N) is 1. The Morgan fingerprint density at radius 1 is 1.16 bits per heavy atom. The Bertz CT molecular complexity index is 323. The van der Waals surface area contributed by atoms with Crippen molar-refractivity contribution in [3.05, 3.63) is 12.2 Å². The maximum atomic E-state index is 6.20. The Hall–Kier alpha value is -0.380. The number of likely N-dealkylation sites (N-methyl/N-ethyl adjacent to an activating group) is 1. The quantitative estimate of drug-likeness (QED) is 0.577. The molecule has 3 atom stereocenters. The third kappa shape index (κ3) is 3.39. The van der Waals surface area contributed by atoms with Crippen molar-refractivity contribution in [2.24, 2.45) is 5.92 Å². The van der Waals surface area contributed by atoms with Gasteiger partial charge in [0.25, 0.3) is 0 Å². The van der Waals surface area contributed by atoms with Crippen molar-refractivity contribution in [2.75, 3.05) is 33.3 Å². The minimum absolute atomic E-state index is 0.0614. The van der Waals surface area contributed by atoms with Crippen molar-refractivity contribution < 1.29 is 14.0 Å². The normalized spacial score (nSPS) is 38.5. The number of hydrogen-bond acceptors (Lipinski definition) is 2. The first-order valence-electron chi connectivity index (χ1n) is 8.01. The van der Waals surface area contributed by atoms with Crippen molar-refractivity contribution in [1.82, 2.24) is 0 Å². The lowest BCUT2D eigenvalue weighted by molar-refractivity contribution is -0.916. The molecule has 0 bridgehead atoms. The molecule has 0 N–H and O–H groups in total. The molecule has 0 aromatic heterocycles. The number of rotatable bonds is 3. The van der Waals surface area contributed by atoms with E-state index in [0.29, 0.717) is 12.0 Å². The molecule has 108 valence electrons. The Morgan fingerprint density at radius 3 is 2.74 bits per heavy atom. The molecule has 3 aliphatic rings. The predicted molar refractivity (Wildman–Crippen MR) is 75.7 cm³/mol. The molecule has 2 saturated heterocycles. The molecule has 3 heteroatoms. The first-order valence-corrected chi connectivity index (χ1v) is 8.01. The van der Waals surface area contributed by atoms with Crippen LogP contribution in [0.15, 0.2) is 12.2 Å². The van der Waals surface area contributed by atoms with Crippen LogP contribution < -0.4 is 0 Å². The summed E-state index contributed by atoms with van der Waals surface area (Å²) < 4.78 is 13.3. The van der Waals surface area contributed by atoms with E-state index in [2.05, 4.69) is 19.2 Å². The summed E-state index contributed by atoms with van der Waals surface area (Å²) in [6, 6.07) is 0. The highest BCUT2D eigenvalue weighted by atomic mass is 16.7. The van der Waals surface area contributed by atoms with Crippen LogP contribution in [-0.4, -0.2) is 50.2 Å². The second kappa shape index (κ2) is 5.94. The molecular formula is C16H28NO2+. The molecule has 2 heterocycles. The summed E-state index contributed by atoms with van der Waals surface area (Å²) in [6.07, 6.45) is 12.6. The van der Waals surface area contributed by atoms with Gasteiger partial charge < -0.3 is 14.0 Å². The van der Waals surface area contributed by atoms with Crippen molar-refractivity contribution >= 4 is 0 Å². The summed E-state index contributed by atoms with van der Waals surface area (Å²) in [5, 5.41) is 0. The molecule has 0 unspecified atom stereocenters. The van der Waals surface area contributed by atoms with E-state index in [-0.39, 0.29) is 6.29 Å². The topological polar surface area (TPSA) is 18.5 Å². The number of quaternary nitrogens is 1. The third-order valence-corrected chi connectivity index (χ3v) is 5.01. The minimum Gasteiger partial charge on any atom is -0.349 e. The van der Waals surface area contributed by atoms with Crippen LogP contribution in [0.1, 0.15) is 38.5 Å². The van der Waals surface area contributed by atoms with Crippen LogP contribution in [0.4, 0.5) is 0 Å². The van der Waals surface area contributed by atoms with E-state index in [0.717, 1.165) is 19.6 Å². The number of likely N-dealkylation sites (tertiary alicyclic amines) is 1. The van der Waals surface area contributed by atoms with E-state index in [4.69, 9.17) is 9.47 Å². The second-order valence-electron chi connectivity index (χ2n) is 6.81. The molecule has 1 aliphatic carbocycles. The van der Waals surface area contributed by atoms with Gasteiger partial charge in [0, 0.05) is 5.92 Å². The maximum Gasteiger partial charge on any atom is 0.161 e. The van der Waals surface area contributed by atoms with E-state index in [1.54, 1.807) is 0 Å². The zero-order chi connectivity index (χ0) is 13.1. The second-order valence-corrected chi connectivity index (χ2v) is 6.81. The van der Waals surface area contributed by atoms with Gasteiger partial charge in [0.05, 0.1) is 26.7 Å². The lowest BCUT2D eigenvalue weighted by Gasteiger charge is -2.39. The number of hydrogen-bond donors (Lipinski definition) is 0. The van der Waals surface area contributed by atoms with Crippen molar-refractivity contribution in [3.63, 3.8) is 0 Å². The van der Waals surface area contributed by atoms with Gasteiger partial charge >= 0.3 is 0 Å². The first kappa shape index (κ1) is 13.6. The van der Waals surface area contributed by atoms with Crippen molar-refractivity contribution in [2.45, 2.75) is 50.9 Å². The van der Waals surface area contributed by atoms with E-state index < -0.39 is 0 Å². The van der Waals surface area contributed by atoms with Crippen LogP contribution in [0.3, 0.4) is 0 Å². The van der Waals surface area contributed by atoms with E-state index in [9.17, 15) is 0 Å². The molecule has 0 amide bonds. The Morgan fingerprint density at radius 2 is 2.00 bits per heavy atom. The fourth-order valence-corrected chi connectivity index (χ4v) is 3.83. The number of ether oxygens (including phenoxy) is 2. The molecule has 0 radical (unpaired) electrons. The predicted octanol–water partition coefficient (Wildman–Crippen LogP) is 2.71. The average Bonchev–Trinajstić information content (AvgIpc) is 2.88. The molecule has 2 aliphatic heterocycles. The van der Waals surface area contributed by atoms with Gasteiger partial charge in [-0.15, -0.1) is 0 Å². The fraction of sp³-hybridized carbons (Fsp3) is 0.875. The van der Waals surface area contributed by atoms with Gasteiger partial charge in [0.1, 0.15) is 12.6 Å². The summed E-state index contributed by atoms with van der Waals surface area (Å²) in [7, 11) is 2.39. The summed E-state index contributed by atoms with van der Waals surface area (Å²) in [4.78, 5) is 0. The Labute approximate surface area is 117 Å². The standard InChI is InChI=1S/C16H28NO2/c1-17(10-6-3-7-11-17)12-15-13-18-16(19-15)14-8-4-2-5-9-14/h2,4,14-16H,3,5-13H2,1H3/q+1/t14-,15+,16-/m0/s1. The van der Waals surface area contributed by atoms with Gasteiger partial charge in [-0.05, 0) is 38.5 Å². The molecule has 3 nitrogen and oxygen atoms in total. The zero-order valence-electron chi connectivity index (χ0n) is 12.2. The summed E-state index contributed by atoms with van der Waals surface area (Å²) in [6.45, 7) is 4.57. The maximum absolute atomic E-state index is 6.20.